The lowest BCUT2D eigenvalue weighted by Gasteiger charge is -2.34. The Hall–Kier alpha value is -1.55. The maximum Gasteiger partial charge on any atom is 0.281 e. The van der Waals surface area contributed by atoms with E-state index in [-0.39, 0.29) is 18.0 Å². The lowest BCUT2D eigenvalue weighted by Crippen LogP contribution is -2.51. The molecule has 0 aliphatic carbocycles. The average Bonchev–Trinajstić information content (AvgIpc) is 2.55. The molecule has 1 aromatic rings. The molecule has 0 spiro atoms. The number of benzene rings is 1. The lowest BCUT2D eigenvalue weighted by molar-refractivity contribution is -0.116. The van der Waals surface area contributed by atoms with Crippen molar-refractivity contribution in [3.8, 4) is 0 Å². The van der Waals surface area contributed by atoms with Crippen LogP contribution in [0.25, 0.3) is 0 Å². The zero-order valence-corrected chi connectivity index (χ0v) is 14.7. The Kier molecular flexibility index (Phi) is 6.27. The molecule has 1 aromatic carbocycles. The number of anilines is 1. The number of para-hydroxylation sites is 1. The van der Waals surface area contributed by atoms with Gasteiger partial charge in [0.05, 0.1) is 5.69 Å². The van der Waals surface area contributed by atoms with E-state index >= 15 is 0 Å². The first-order valence-corrected chi connectivity index (χ1v) is 9.15. The summed E-state index contributed by atoms with van der Waals surface area (Å²) >= 11 is 0. The molecule has 1 heterocycles. The minimum Gasteiger partial charge on any atom is -0.324 e. The van der Waals surface area contributed by atoms with E-state index in [1.165, 1.54) is 34.8 Å². The van der Waals surface area contributed by atoms with Crippen LogP contribution < -0.4 is 5.32 Å². The van der Waals surface area contributed by atoms with Gasteiger partial charge in [-0.15, -0.1) is 0 Å². The predicted molar refractivity (Wildman–Crippen MR) is 90.3 cm³/mol. The first-order valence-electron chi connectivity index (χ1n) is 7.75. The summed E-state index contributed by atoms with van der Waals surface area (Å²) in [6.45, 7) is 2.45. The third-order valence-corrected chi connectivity index (χ3v) is 5.86. The van der Waals surface area contributed by atoms with Crippen molar-refractivity contribution in [2.45, 2.75) is 6.42 Å². The second kappa shape index (κ2) is 8.02. The van der Waals surface area contributed by atoms with Crippen molar-refractivity contribution >= 4 is 21.8 Å². The van der Waals surface area contributed by atoms with Crippen LogP contribution in [0.4, 0.5) is 10.1 Å². The van der Waals surface area contributed by atoms with E-state index in [0.29, 0.717) is 32.7 Å². The van der Waals surface area contributed by atoms with Crippen LogP contribution in [0.15, 0.2) is 24.3 Å². The van der Waals surface area contributed by atoms with Gasteiger partial charge in [0.15, 0.2) is 0 Å². The fraction of sp³-hybridized carbons (Fsp3) is 0.533. The highest BCUT2D eigenvalue weighted by molar-refractivity contribution is 7.86. The van der Waals surface area contributed by atoms with Crippen molar-refractivity contribution in [2.24, 2.45) is 0 Å². The lowest BCUT2D eigenvalue weighted by atomic mass is 10.2. The second-order valence-electron chi connectivity index (χ2n) is 5.81. The number of hydrogen-bond acceptors (Lipinski definition) is 4. The number of carbonyl (C=O) groups is 1. The van der Waals surface area contributed by atoms with Gasteiger partial charge in [0, 0.05) is 53.2 Å². The Morgan fingerprint density at radius 2 is 1.83 bits per heavy atom. The second-order valence-corrected chi connectivity index (χ2v) is 7.95. The molecule has 24 heavy (non-hydrogen) atoms. The van der Waals surface area contributed by atoms with Gasteiger partial charge in [0.2, 0.25) is 5.91 Å². The zero-order chi connectivity index (χ0) is 17.7. The molecule has 0 unspecified atom stereocenters. The smallest absolute Gasteiger partial charge is 0.281 e. The molecule has 2 rings (SSSR count). The number of piperazine rings is 1. The highest BCUT2D eigenvalue weighted by Crippen LogP contribution is 2.13. The van der Waals surface area contributed by atoms with Gasteiger partial charge in [-0.3, -0.25) is 4.79 Å². The first-order chi connectivity index (χ1) is 11.3. The minimum absolute atomic E-state index is 0.171. The van der Waals surface area contributed by atoms with Crippen LogP contribution in [0.3, 0.4) is 0 Å². The van der Waals surface area contributed by atoms with Gasteiger partial charge >= 0.3 is 0 Å². The quantitative estimate of drug-likeness (QED) is 0.807. The Balaban J connectivity index is 1.77. The molecule has 1 aliphatic heterocycles. The minimum atomic E-state index is -3.38. The number of hydrogen-bond donors (Lipinski definition) is 1. The average molecular weight is 358 g/mol. The van der Waals surface area contributed by atoms with Gasteiger partial charge in [-0.1, -0.05) is 12.1 Å². The van der Waals surface area contributed by atoms with Crippen LogP contribution in [-0.2, 0) is 15.0 Å². The fourth-order valence-electron chi connectivity index (χ4n) is 2.45. The standard InChI is InChI=1S/C15H23FN4O3S/c1-18(2)24(22,23)20-11-9-19(10-12-20)8-7-15(21)17-14-6-4-3-5-13(14)16/h3-6H,7-12H2,1-2H3,(H,17,21). The summed E-state index contributed by atoms with van der Waals surface area (Å²) < 4.78 is 40.2. The Bertz CT molecular complexity index is 673. The van der Waals surface area contributed by atoms with Crippen molar-refractivity contribution in [2.75, 3.05) is 52.1 Å². The number of halogens is 1. The van der Waals surface area contributed by atoms with Gasteiger partial charge in [-0.05, 0) is 12.1 Å². The molecule has 0 radical (unpaired) electrons. The van der Waals surface area contributed by atoms with Crippen LogP contribution in [0.5, 0.6) is 0 Å². The van der Waals surface area contributed by atoms with Gasteiger partial charge in [0.25, 0.3) is 10.2 Å². The van der Waals surface area contributed by atoms with E-state index in [4.69, 9.17) is 0 Å². The van der Waals surface area contributed by atoms with Gasteiger partial charge < -0.3 is 10.2 Å². The molecular formula is C15H23FN4O3S. The van der Waals surface area contributed by atoms with Crippen molar-refractivity contribution in [1.29, 1.82) is 0 Å². The Morgan fingerprint density at radius 1 is 1.21 bits per heavy atom. The normalized spacial score (nSPS) is 17.2. The topological polar surface area (TPSA) is 73.0 Å². The van der Waals surface area contributed by atoms with Crippen molar-refractivity contribution in [3.05, 3.63) is 30.1 Å². The van der Waals surface area contributed by atoms with Crippen molar-refractivity contribution in [3.63, 3.8) is 0 Å². The summed E-state index contributed by atoms with van der Waals surface area (Å²) in [5.41, 5.74) is 0.171. The SMILES string of the molecule is CN(C)S(=O)(=O)N1CCN(CCC(=O)Nc2ccccc2F)CC1. The van der Waals surface area contributed by atoms with Gasteiger partial charge in [-0.2, -0.15) is 17.0 Å². The third kappa shape index (κ3) is 4.73. The maximum atomic E-state index is 13.5. The van der Waals surface area contributed by atoms with E-state index in [0.717, 1.165) is 0 Å². The summed E-state index contributed by atoms with van der Waals surface area (Å²) in [5, 5.41) is 2.54. The highest BCUT2D eigenvalue weighted by Gasteiger charge is 2.28. The van der Waals surface area contributed by atoms with Crippen LogP contribution in [0.1, 0.15) is 6.42 Å². The predicted octanol–water partition coefficient (Wildman–Crippen LogP) is 0.578. The van der Waals surface area contributed by atoms with Crippen molar-refractivity contribution in [1.82, 2.24) is 13.5 Å². The van der Waals surface area contributed by atoms with E-state index in [2.05, 4.69) is 5.32 Å². The highest BCUT2D eigenvalue weighted by atomic mass is 32.2. The number of carbonyl (C=O) groups excluding carboxylic acids is 1. The van der Waals surface area contributed by atoms with E-state index in [1.54, 1.807) is 12.1 Å². The first kappa shape index (κ1) is 18.8. The van der Waals surface area contributed by atoms with Crippen LogP contribution in [0.2, 0.25) is 0 Å². The molecule has 0 saturated carbocycles. The van der Waals surface area contributed by atoms with Gasteiger partial charge in [0.1, 0.15) is 5.82 Å². The molecule has 134 valence electrons. The van der Waals surface area contributed by atoms with E-state index < -0.39 is 16.0 Å². The molecular weight excluding hydrogens is 335 g/mol. The molecule has 1 fully saturated rings. The summed E-state index contributed by atoms with van der Waals surface area (Å²) in [6, 6.07) is 6.02. The van der Waals surface area contributed by atoms with E-state index in [1.807, 2.05) is 4.90 Å². The fourth-order valence-corrected chi connectivity index (χ4v) is 3.54. The third-order valence-electron chi connectivity index (χ3n) is 3.92. The molecule has 1 saturated heterocycles. The largest absolute Gasteiger partial charge is 0.324 e. The van der Waals surface area contributed by atoms with Gasteiger partial charge in [-0.25, -0.2) is 4.39 Å². The van der Waals surface area contributed by atoms with Crippen LogP contribution >= 0.6 is 0 Å². The zero-order valence-electron chi connectivity index (χ0n) is 13.9. The molecule has 7 nitrogen and oxygen atoms in total. The summed E-state index contributed by atoms with van der Waals surface area (Å²) in [7, 11) is -0.364. The Morgan fingerprint density at radius 3 is 2.42 bits per heavy atom. The monoisotopic (exact) mass is 358 g/mol. The summed E-state index contributed by atoms with van der Waals surface area (Å²) in [5.74, 6) is -0.725. The summed E-state index contributed by atoms with van der Waals surface area (Å²) in [6.07, 6.45) is 0.231. The Labute approximate surface area is 142 Å². The summed E-state index contributed by atoms with van der Waals surface area (Å²) in [4.78, 5) is 13.9. The molecule has 0 atom stereocenters. The number of amides is 1. The van der Waals surface area contributed by atoms with Crippen LogP contribution in [0, 0.1) is 5.82 Å². The number of nitrogens with one attached hydrogen (secondary N) is 1. The van der Waals surface area contributed by atoms with E-state index in [9.17, 15) is 17.6 Å². The molecule has 0 aromatic heterocycles. The molecule has 1 amide bonds. The van der Waals surface area contributed by atoms with Crippen molar-refractivity contribution < 1.29 is 17.6 Å². The number of rotatable bonds is 6. The molecule has 0 bridgehead atoms. The van der Waals surface area contributed by atoms with Crippen LogP contribution in [-0.4, -0.2) is 74.7 Å². The number of nitrogens with zero attached hydrogens (tertiary/aromatic N) is 3. The molecule has 9 heteroatoms. The maximum absolute atomic E-state index is 13.5. The molecule has 1 aliphatic rings. The molecule has 1 N–H and O–H groups in total.